The predicted molar refractivity (Wildman–Crippen MR) is 93.8 cm³/mol. The molecular formula is C18H30N2O2S. The number of rotatable bonds is 4. The first-order chi connectivity index (χ1) is 10.8. The largest absolute Gasteiger partial charge is 0.392 e. The molecule has 0 amide bonds. The minimum atomic E-state index is -0.173. The van der Waals surface area contributed by atoms with Gasteiger partial charge >= 0.3 is 0 Å². The molecular weight excluding hydrogens is 308 g/mol. The van der Waals surface area contributed by atoms with Gasteiger partial charge in [-0.2, -0.15) is 0 Å². The second-order valence-corrected chi connectivity index (χ2v) is 9.19. The molecule has 2 aliphatic rings. The van der Waals surface area contributed by atoms with E-state index in [1.165, 1.54) is 9.88 Å². The second kappa shape index (κ2) is 6.43. The predicted octanol–water partition coefficient (Wildman–Crippen LogP) is 3.19. The molecule has 3 rings (SSSR count). The summed E-state index contributed by atoms with van der Waals surface area (Å²) in [5.74, 6) is 0. The summed E-state index contributed by atoms with van der Waals surface area (Å²) in [5, 5.41) is 11.5. The Labute approximate surface area is 143 Å². The van der Waals surface area contributed by atoms with Gasteiger partial charge in [-0.3, -0.25) is 4.90 Å². The zero-order valence-corrected chi connectivity index (χ0v) is 15.7. The number of hydrogen-bond donors (Lipinski definition) is 1. The Balaban J connectivity index is 1.56. The highest BCUT2D eigenvalue weighted by molar-refractivity contribution is 7.11. The van der Waals surface area contributed by atoms with Crippen molar-refractivity contribution >= 4 is 11.3 Å². The van der Waals surface area contributed by atoms with Crippen molar-refractivity contribution in [2.75, 3.05) is 19.7 Å². The topological polar surface area (TPSA) is 45.6 Å². The fourth-order valence-electron chi connectivity index (χ4n) is 3.87. The van der Waals surface area contributed by atoms with Crippen LogP contribution < -0.4 is 0 Å². The molecule has 1 aliphatic carbocycles. The van der Waals surface area contributed by atoms with E-state index in [9.17, 15) is 5.11 Å². The molecule has 5 heteroatoms. The summed E-state index contributed by atoms with van der Waals surface area (Å²) in [4.78, 5) is 8.44. The molecule has 4 nitrogen and oxygen atoms in total. The summed E-state index contributed by atoms with van der Waals surface area (Å²) in [6, 6.07) is 0. The van der Waals surface area contributed by atoms with Crippen molar-refractivity contribution in [2.45, 2.75) is 71.1 Å². The van der Waals surface area contributed by atoms with Crippen LogP contribution >= 0.6 is 11.3 Å². The van der Waals surface area contributed by atoms with Crippen molar-refractivity contribution in [1.82, 2.24) is 9.88 Å². The SMILES string of the molecule is CCO[C@H]1C[C@H](O)C12CCN(Cc1ncc(C(C)(C)C)s1)CC2. The van der Waals surface area contributed by atoms with Crippen LogP contribution in [-0.2, 0) is 16.7 Å². The van der Waals surface area contributed by atoms with Crippen molar-refractivity contribution in [2.24, 2.45) is 5.41 Å². The van der Waals surface area contributed by atoms with Gasteiger partial charge in [0.05, 0.1) is 18.8 Å². The maximum atomic E-state index is 10.3. The Morgan fingerprint density at radius 3 is 2.61 bits per heavy atom. The number of aromatic nitrogens is 1. The zero-order valence-electron chi connectivity index (χ0n) is 14.8. The lowest BCUT2D eigenvalue weighted by molar-refractivity contribution is -0.209. The summed E-state index contributed by atoms with van der Waals surface area (Å²) < 4.78 is 5.85. The Morgan fingerprint density at radius 1 is 1.39 bits per heavy atom. The average Bonchev–Trinajstić information content (AvgIpc) is 2.97. The van der Waals surface area contributed by atoms with Gasteiger partial charge in [-0.05, 0) is 38.3 Å². The van der Waals surface area contributed by atoms with Crippen LogP contribution in [0, 0.1) is 5.41 Å². The second-order valence-electron chi connectivity index (χ2n) is 8.07. The highest BCUT2D eigenvalue weighted by Crippen LogP contribution is 2.51. The van der Waals surface area contributed by atoms with Crippen molar-refractivity contribution in [3.63, 3.8) is 0 Å². The fourth-order valence-corrected chi connectivity index (χ4v) is 4.88. The van der Waals surface area contributed by atoms with Gasteiger partial charge in [0.1, 0.15) is 5.01 Å². The van der Waals surface area contributed by atoms with Crippen LogP contribution in [0.3, 0.4) is 0 Å². The number of hydrogen-bond acceptors (Lipinski definition) is 5. The third-order valence-corrected chi connectivity index (χ3v) is 6.96. The van der Waals surface area contributed by atoms with Gasteiger partial charge in [0.2, 0.25) is 0 Å². The van der Waals surface area contributed by atoms with Crippen LogP contribution in [0.2, 0.25) is 0 Å². The number of likely N-dealkylation sites (tertiary alicyclic amines) is 1. The Kier molecular flexibility index (Phi) is 4.85. The number of nitrogens with zero attached hydrogens (tertiary/aromatic N) is 2. The van der Waals surface area contributed by atoms with Crippen molar-refractivity contribution in [3.8, 4) is 0 Å². The lowest BCUT2D eigenvalue weighted by Crippen LogP contribution is -2.62. The average molecular weight is 339 g/mol. The highest BCUT2D eigenvalue weighted by Gasteiger charge is 2.55. The quantitative estimate of drug-likeness (QED) is 0.916. The molecule has 130 valence electrons. The number of aliphatic hydroxyl groups is 1. The summed E-state index contributed by atoms with van der Waals surface area (Å²) >= 11 is 1.84. The monoisotopic (exact) mass is 338 g/mol. The lowest BCUT2D eigenvalue weighted by atomic mass is 9.58. The first-order valence-electron chi connectivity index (χ1n) is 8.82. The van der Waals surface area contributed by atoms with Gasteiger partial charge in [-0.25, -0.2) is 4.98 Å². The summed E-state index contributed by atoms with van der Waals surface area (Å²) in [6.07, 6.45) is 5.01. The maximum absolute atomic E-state index is 10.3. The van der Waals surface area contributed by atoms with Crippen LogP contribution in [0.1, 0.15) is 56.8 Å². The van der Waals surface area contributed by atoms with E-state index >= 15 is 0 Å². The molecule has 1 N–H and O–H groups in total. The first kappa shape index (κ1) is 17.3. The third-order valence-electron chi connectivity index (χ3n) is 5.55. The van der Waals surface area contributed by atoms with Crippen LogP contribution in [0.5, 0.6) is 0 Å². The molecule has 1 spiro atoms. The fraction of sp³-hybridized carbons (Fsp3) is 0.833. The van der Waals surface area contributed by atoms with E-state index in [1.54, 1.807) is 0 Å². The lowest BCUT2D eigenvalue weighted by Gasteiger charge is -2.56. The number of thiazole rings is 1. The molecule has 0 radical (unpaired) electrons. The molecule has 1 aliphatic heterocycles. The molecule has 0 aromatic carbocycles. The van der Waals surface area contributed by atoms with E-state index in [0.717, 1.165) is 45.5 Å². The minimum Gasteiger partial charge on any atom is -0.392 e. The van der Waals surface area contributed by atoms with E-state index < -0.39 is 0 Å². The number of ether oxygens (including phenoxy) is 1. The smallest absolute Gasteiger partial charge is 0.107 e. The van der Waals surface area contributed by atoms with E-state index in [1.807, 2.05) is 24.5 Å². The van der Waals surface area contributed by atoms with Gasteiger partial charge in [-0.1, -0.05) is 20.8 Å². The normalized spacial score (nSPS) is 28.0. The summed E-state index contributed by atoms with van der Waals surface area (Å²) in [6.45, 7) is 12.5. The third kappa shape index (κ3) is 3.34. The van der Waals surface area contributed by atoms with Crippen molar-refractivity contribution in [3.05, 3.63) is 16.1 Å². The number of aliphatic hydroxyl groups excluding tert-OH is 1. The van der Waals surface area contributed by atoms with E-state index in [-0.39, 0.29) is 23.0 Å². The van der Waals surface area contributed by atoms with Gasteiger partial charge in [0.25, 0.3) is 0 Å². The molecule has 1 saturated heterocycles. The summed E-state index contributed by atoms with van der Waals surface area (Å²) in [5.41, 5.74) is 0.203. The van der Waals surface area contributed by atoms with Crippen LogP contribution in [-0.4, -0.2) is 46.9 Å². The molecule has 0 unspecified atom stereocenters. The highest BCUT2D eigenvalue weighted by atomic mass is 32.1. The molecule has 2 atom stereocenters. The summed E-state index contributed by atoms with van der Waals surface area (Å²) in [7, 11) is 0. The molecule has 2 heterocycles. The maximum Gasteiger partial charge on any atom is 0.107 e. The Hall–Kier alpha value is -0.490. The molecule has 0 bridgehead atoms. The van der Waals surface area contributed by atoms with Crippen LogP contribution in [0.25, 0.3) is 0 Å². The minimum absolute atomic E-state index is 0.0198. The number of piperidine rings is 1. The van der Waals surface area contributed by atoms with Gasteiger partial charge < -0.3 is 9.84 Å². The van der Waals surface area contributed by atoms with E-state index in [4.69, 9.17) is 4.74 Å². The Bertz CT molecular complexity index is 527. The zero-order chi connectivity index (χ0) is 16.7. The standard InChI is InChI=1S/C18H30N2O2S/c1-5-22-14-10-13(21)18(14)6-8-20(9-7-18)12-16-19-11-15(23-16)17(2,3)4/h11,13-14,21H,5-10,12H2,1-4H3/t13-,14-/m0/s1. The molecule has 23 heavy (non-hydrogen) atoms. The first-order valence-corrected chi connectivity index (χ1v) is 9.64. The molecule has 2 fully saturated rings. The van der Waals surface area contributed by atoms with Crippen molar-refractivity contribution in [1.29, 1.82) is 0 Å². The Morgan fingerprint density at radius 2 is 2.09 bits per heavy atom. The van der Waals surface area contributed by atoms with Crippen molar-refractivity contribution < 1.29 is 9.84 Å². The van der Waals surface area contributed by atoms with Crippen LogP contribution in [0.4, 0.5) is 0 Å². The van der Waals surface area contributed by atoms with Gasteiger partial charge in [0.15, 0.2) is 0 Å². The molecule has 1 aromatic heterocycles. The van der Waals surface area contributed by atoms with Gasteiger partial charge in [-0.15, -0.1) is 11.3 Å². The molecule has 1 aromatic rings. The van der Waals surface area contributed by atoms with Crippen LogP contribution in [0.15, 0.2) is 6.20 Å². The molecule has 1 saturated carbocycles. The van der Waals surface area contributed by atoms with Gasteiger partial charge in [0, 0.05) is 29.5 Å². The van der Waals surface area contributed by atoms with E-state index in [2.05, 4.69) is 30.7 Å². The van der Waals surface area contributed by atoms with E-state index in [0.29, 0.717) is 0 Å².